The first kappa shape index (κ1) is 12.2. The second kappa shape index (κ2) is 4.71. The largest absolute Gasteiger partial charge is 0.364 e. The predicted molar refractivity (Wildman–Crippen MR) is 72.7 cm³/mol. The van der Waals surface area contributed by atoms with Crippen LogP contribution in [0.15, 0.2) is 18.2 Å². The summed E-state index contributed by atoms with van der Waals surface area (Å²) < 4.78 is 14.0. The van der Waals surface area contributed by atoms with E-state index in [1.807, 2.05) is 0 Å². The van der Waals surface area contributed by atoms with Crippen LogP contribution in [-0.2, 0) is 0 Å². The van der Waals surface area contributed by atoms with Gasteiger partial charge in [0.05, 0.1) is 5.69 Å². The van der Waals surface area contributed by atoms with Crippen LogP contribution in [0.25, 0.3) is 0 Å². The molecule has 1 aromatic rings. The number of nitrogens with zero attached hydrogens (tertiary/aromatic N) is 1. The highest BCUT2D eigenvalue weighted by molar-refractivity contribution is 6.30. The Morgan fingerprint density at radius 1 is 1.39 bits per heavy atom. The van der Waals surface area contributed by atoms with E-state index in [0.717, 1.165) is 19.0 Å². The van der Waals surface area contributed by atoms with Gasteiger partial charge < -0.3 is 10.2 Å². The van der Waals surface area contributed by atoms with Gasteiger partial charge in [-0.25, -0.2) is 4.39 Å². The van der Waals surface area contributed by atoms with E-state index < -0.39 is 0 Å². The zero-order valence-corrected chi connectivity index (χ0v) is 11.3. The number of anilines is 1. The Labute approximate surface area is 112 Å². The highest BCUT2D eigenvalue weighted by Crippen LogP contribution is 2.36. The van der Waals surface area contributed by atoms with Crippen molar-refractivity contribution in [1.29, 1.82) is 0 Å². The van der Waals surface area contributed by atoms with Crippen molar-refractivity contribution in [2.24, 2.45) is 5.92 Å². The fourth-order valence-electron chi connectivity index (χ4n) is 2.74. The molecular weight excluding hydrogens is 251 g/mol. The normalized spacial score (nSPS) is 28.5. The minimum atomic E-state index is -0.178. The van der Waals surface area contributed by atoms with Crippen molar-refractivity contribution in [3.8, 4) is 0 Å². The highest BCUT2D eigenvalue weighted by atomic mass is 35.5. The Kier molecular flexibility index (Phi) is 3.20. The van der Waals surface area contributed by atoms with E-state index in [9.17, 15) is 4.39 Å². The van der Waals surface area contributed by atoms with E-state index in [1.54, 1.807) is 12.1 Å². The summed E-state index contributed by atoms with van der Waals surface area (Å²) in [5.41, 5.74) is 0.641. The molecule has 1 aromatic carbocycles. The molecule has 18 heavy (non-hydrogen) atoms. The van der Waals surface area contributed by atoms with Gasteiger partial charge in [0.1, 0.15) is 5.82 Å². The molecule has 1 heterocycles. The average Bonchev–Trinajstić information content (AvgIpc) is 3.17. The SMILES string of the molecule is CC1CNC(C2CC2)CN1c1cc(Cl)ccc1F. The molecule has 2 aliphatic rings. The lowest BCUT2D eigenvalue weighted by Crippen LogP contribution is -2.56. The summed E-state index contributed by atoms with van der Waals surface area (Å²) >= 11 is 5.99. The van der Waals surface area contributed by atoms with E-state index in [0.29, 0.717) is 22.8 Å². The maximum Gasteiger partial charge on any atom is 0.146 e. The van der Waals surface area contributed by atoms with Crippen LogP contribution in [0.5, 0.6) is 0 Å². The van der Waals surface area contributed by atoms with E-state index in [4.69, 9.17) is 11.6 Å². The minimum absolute atomic E-state index is 0.178. The Bertz CT molecular complexity index is 447. The second-order valence-electron chi connectivity index (χ2n) is 5.45. The zero-order chi connectivity index (χ0) is 12.7. The molecular formula is C14H18ClFN2. The smallest absolute Gasteiger partial charge is 0.146 e. The summed E-state index contributed by atoms with van der Waals surface area (Å²) in [4.78, 5) is 2.15. The molecule has 1 aliphatic heterocycles. The molecule has 2 atom stereocenters. The molecule has 0 aromatic heterocycles. The lowest BCUT2D eigenvalue weighted by atomic mass is 10.1. The molecule has 3 rings (SSSR count). The van der Waals surface area contributed by atoms with Gasteiger partial charge in [-0.1, -0.05) is 11.6 Å². The Hall–Kier alpha value is -0.800. The third-order valence-corrected chi connectivity index (χ3v) is 4.24. The molecule has 1 saturated heterocycles. The Morgan fingerprint density at radius 2 is 2.17 bits per heavy atom. The Balaban J connectivity index is 1.85. The van der Waals surface area contributed by atoms with Crippen molar-refractivity contribution in [2.45, 2.75) is 31.8 Å². The van der Waals surface area contributed by atoms with Crippen molar-refractivity contribution < 1.29 is 4.39 Å². The number of nitrogens with one attached hydrogen (secondary N) is 1. The van der Waals surface area contributed by atoms with Crippen LogP contribution in [0, 0.1) is 11.7 Å². The van der Waals surface area contributed by atoms with Gasteiger partial charge in [0.25, 0.3) is 0 Å². The van der Waals surface area contributed by atoms with Crippen molar-refractivity contribution in [2.75, 3.05) is 18.0 Å². The van der Waals surface area contributed by atoms with Crippen LogP contribution >= 0.6 is 11.6 Å². The number of hydrogen-bond donors (Lipinski definition) is 1. The first-order valence-electron chi connectivity index (χ1n) is 6.60. The van der Waals surface area contributed by atoms with E-state index in [2.05, 4.69) is 17.1 Å². The summed E-state index contributed by atoms with van der Waals surface area (Å²) in [6.07, 6.45) is 2.61. The van der Waals surface area contributed by atoms with Gasteiger partial charge in [-0.05, 0) is 43.9 Å². The molecule has 2 unspecified atom stereocenters. The molecule has 1 aliphatic carbocycles. The third kappa shape index (κ3) is 2.34. The molecule has 2 nitrogen and oxygen atoms in total. The van der Waals surface area contributed by atoms with Gasteiger partial charge in [-0.15, -0.1) is 0 Å². The first-order valence-corrected chi connectivity index (χ1v) is 6.98. The van der Waals surface area contributed by atoms with Crippen LogP contribution in [0.1, 0.15) is 19.8 Å². The van der Waals surface area contributed by atoms with E-state index in [-0.39, 0.29) is 5.82 Å². The van der Waals surface area contributed by atoms with Crippen molar-refractivity contribution in [1.82, 2.24) is 5.32 Å². The van der Waals surface area contributed by atoms with Gasteiger partial charge >= 0.3 is 0 Å². The molecule has 0 spiro atoms. The quantitative estimate of drug-likeness (QED) is 0.887. The standard InChI is InChI=1S/C14H18ClFN2/c1-9-7-17-13(10-2-3-10)8-18(9)14-6-11(15)4-5-12(14)16/h4-6,9-10,13,17H,2-3,7-8H2,1H3. The summed E-state index contributed by atoms with van der Waals surface area (Å²) in [5.74, 6) is 0.602. The number of piperazine rings is 1. The summed E-state index contributed by atoms with van der Waals surface area (Å²) in [6.45, 7) is 3.91. The average molecular weight is 269 g/mol. The van der Waals surface area contributed by atoms with Crippen LogP contribution in [-0.4, -0.2) is 25.2 Å². The first-order chi connectivity index (χ1) is 8.65. The van der Waals surface area contributed by atoms with Crippen molar-refractivity contribution in [3.05, 3.63) is 29.0 Å². The molecule has 0 amide bonds. The van der Waals surface area contributed by atoms with E-state index in [1.165, 1.54) is 18.9 Å². The summed E-state index contributed by atoms with van der Waals surface area (Å²) in [7, 11) is 0. The van der Waals surface area contributed by atoms with Crippen LogP contribution < -0.4 is 10.2 Å². The van der Waals surface area contributed by atoms with Gasteiger partial charge in [-0.2, -0.15) is 0 Å². The second-order valence-corrected chi connectivity index (χ2v) is 5.89. The topological polar surface area (TPSA) is 15.3 Å². The zero-order valence-electron chi connectivity index (χ0n) is 10.5. The molecule has 2 fully saturated rings. The lowest BCUT2D eigenvalue weighted by molar-refractivity contribution is 0.373. The van der Waals surface area contributed by atoms with E-state index >= 15 is 0 Å². The summed E-state index contributed by atoms with van der Waals surface area (Å²) in [5, 5.41) is 4.16. The maximum absolute atomic E-state index is 14.0. The van der Waals surface area contributed by atoms with Crippen molar-refractivity contribution in [3.63, 3.8) is 0 Å². The molecule has 0 bridgehead atoms. The molecule has 98 valence electrons. The van der Waals surface area contributed by atoms with Gasteiger partial charge in [0, 0.05) is 30.2 Å². The lowest BCUT2D eigenvalue weighted by Gasteiger charge is -2.40. The Morgan fingerprint density at radius 3 is 2.89 bits per heavy atom. The number of benzene rings is 1. The predicted octanol–water partition coefficient (Wildman–Crippen LogP) is 3.06. The van der Waals surface area contributed by atoms with Crippen LogP contribution in [0.4, 0.5) is 10.1 Å². The summed E-state index contributed by atoms with van der Waals surface area (Å²) in [6, 6.07) is 5.60. The van der Waals surface area contributed by atoms with Crippen molar-refractivity contribution >= 4 is 17.3 Å². The minimum Gasteiger partial charge on any atom is -0.364 e. The fourth-order valence-corrected chi connectivity index (χ4v) is 2.91. The maximum atomic E-state index is 14.0. The monoisotopic (exact) mass is 268 g/mol. The third-order valence-electron chi connectivity index (χ3n) is 4.01. The van der Waals surface area contributed by atoms with Crippen LogP contribution in [0.2, 0.25) is 5.02 Å². The number of rotatable bonds is 2. The fraction of sp³-hybridized carbons (Fsp3) is 0.571. The van der Waals surface area contributed by atoms with Gasteiger partial charge in [-0.3, -0.25) is 0 Å². The number of halogens is 2. The highest BCUT2D eigenvalue weighted by Gasteiger charge is 2.36. The van der Waals surface area contributed by atoms with Gasteiger partial charge in [0.2, 0.25) is 0 Å². The molecule has 0 radical (unpaired) electrons. The van der Waals surface area contributed by atoms with Crippen LogP contribution in [0.3, 0.4) is 0 Å². The molecule has 1 saturated carbocycles. The molecule has 1 N–H and O–H groups in total. The molecule has 4 heteroatoms. The number of hydrogen-bond acceptors (Lipinski definition) is 2. The van der Waals surface area contributed by atoms with Gasteiger partial charge in [0.15, 0.2) is 0 Å².